The molecule has 1 amide bonds. The summed E-state index contributed by atoms with van der Waals surface area (Å²) in [5.41, 5.74) is 1.48. The van der Waals surface area contributed by atoms with E-state index >= 15 is 0 Å². The first-order valence-electron chi connectivity index (χ1n) is 7.92. The number of hydrogen-bond donors (Lipinski definition) is 1. The van der Waals surface area contributed by atoms with Crippen molar-refractivity contribution in [1.29, 1.82) is 0 Å². The Balaban J connectivity index is 2.01. The van der Waals surface area contributed by atoms with Gasteiger partial charge in [0.2, 0.25) is 0 Å². The van der Waals surface area contributed by atoms with Crippen molar-refractivity contribution >= 4 is 39.7 Å². The number of nitrogens with one attached hydrogen (secondary N) is 1. The van der Waals surface area contributed by atoms with Gasteiger partial charge in [-0.05, 0) is 26.0 Å². The largest absolute Gasteiger partial charge is 0.496 e. The van der Waals surface area contributed by atoms with Crippen LogP contribution in [-0.4, -0.2) is 36.1 Å². The molecule has 0 spiro atoms. The molecule has 1 N–H and O–H groups in total. The summed E-state index contributed by atoms with van der Waals surface area (Å²) in [5, 5.41) is 3.85. The quantitative estimate of drug-likeness (QED) is 0.649. The summed E-state index contributed by atoms with van der Waals surface area (Å²) in [6.45, 7) is 3.62. The molecule has 0 aliphatic heterocycles. The summed E-state index contributed by atoms with van der Waals surface area (Å²) in [7, 11) is 2.84. The maximum atomic E-state index is 12.6. The summed E-state index contributed by atoms with van der Waals surface area (Å²) < 4.78 is 10.2. The number of nitrogens with zero attached hydrogens (tertiary/aromatic N) is 2. The summed E-state index contributed by atoms with van der Waals surface area (Å²) in [4.78, 5) is 34.4. The molecule has 2 aromatic heterocycles. The van der Waals surface area contributed by atoms with E-state index in [0.29, 0.717) is 31.9 Å². The molecule has 0 atom stereocenters. The van der Waals surface area contributed by atoms with Gasteiger partial charge in [-0.15, -0.1) is 11.3 Å². The minimum absolute atomic E-state index is 0.125. The fourth-order valence-electron chi connectivity index (χ4n) is 2.52. The second-order valence-corrected chi connectivity index (χ2v) is 7.69. The number of rotatable bonds is 5. The molecule has 2 heterocycles. The molecule has 0 fully saturated rings. The maximum absolute atomic E-state index is 12.6. The minimum Gasteiger partial charge on any atom is -0.496 e. The van der Waals surface area contributed by atoms with Crippen LogP contribution in [0.2, 0.25) is 0 Å². The smallest absolute Gasteiger partial charge is 0.358 e. The Morgan fingerprint density at radius 3 is 2.44 bits per heavy atom. The van der Waals surface area contributed by atoms with Gasteiger partial charge in [0.05, 0.1) is 29.8 Å². The number of esters is 1. The second-order valence-electron chi connectivity index (χ2n) is 5.49. The number of benzene rings is 1. The Morgan fingerprint density at radius 2 is 1.81 bits per heavy atom. The van der Waals surface area contributed by atoms with Gasteiger partial charge in [0.1, 0.15) is 10.6 Å². The van der Waals surface area contributed by atoms with Crippen molar-refractivity contribution in [2.75, 3.05) is 19.5 Å². The van der Waals surface area contributed by atoms with Crippen molar-refractivity contribution in [1.82, 2.24) is 9.97 Å². The van der Waals surface area contributed by atoms with Crippen LogP contribution in [0.3, 0.4) is 0 Å². The Hall–Kier alpha value is -2.78. The zero-order chi connectivity index (χ0) is 19.6. The first kappa shape index (κ1) is 19.0. The van der Waals surface area contributed by atoms with Gasteiger partial charge >= 0.3 is 5.97 Å². The van der Waals surface area contributed by atoms with Crippen LogP contribution in [0.4, 0.5) is 5.13 Å². The third kappa shape index (κ3) is 3.83. The highest BCUT2D eigenvalue weighted by atomic mass is 32.1. The summed E-state index contributed by atoms with van der Waals surface area (Å²) in [5.74, 6) is -0.301. The van der Waals surface area contributed by atoms with E-state index in [2.05, 4.69) is 15.3 Å². The molecule has 0 radical (unpaired) electrons. The molecule has 0 saturated heterocycles. The number of hydrogen-bond acceptors (Lipinski definition) is 8. The van der Waals surface area contributed by atoms with E-state index in [-0.39, 0.29) is 11.6 Å². The molecular formula is C18H17N3O4S2. The Bertz CT molecular complexity index is 1010. The Morgan fingerprint density at radius 1 is 1.07 bits per heavy atom. The van der Waals surface area contributed by atoms with Gasteiger partial charge in [0.25, 0.3) is 5.91 Å². The third-order valence-corrected chi connectivity index (χ3v) is 5.76. The first-order chi connectivity index (χ1) is 12.9. The SMILES string of the molecule is COC(=O)c1nc(NC(=O)c2sc(C)nc2C)sc1-c1ccccc1OC. The lowest BCUT2D eigenvalue weighted by Crippen LogP contribution is -2.12. The van der Waals surface area contributed by atoms with Crippen LogP contribution in [0.1, 0.15) is 30.9 Å². The molecule has 27 heavy (non-hydrogen) atoms. The van der Waals surface area contributed by atoms with Crippen LogP contribution >= 0.6 is 22.7 Å². The van der Waals surface area contributed by atoms with E-state index < -0.39 is 5.97 Å². The average molecular weight is 403 g/mol. The molecule has 9 heteroatoms. The predicted molar refractivity (Wildman–Crippen MR) is 105 cm³/mol. The molecule has 1 aromatic carbocycles. The molecule has 140 valence electrons. The number of aryl methyl sites for hydroxylation is 2. The number of para-hydroxylation sites is 1. The van der Waals surface area contributed by atoms with E-state index in [1.165, 1.54) is 29.8 Å². The molecule has 0 unspecified atom stereocenters. The van der Waals surface area contributed by atoms with E-state index in [0.717, 1.165) is 5.01 Å². The Labute approximate surface area is 164 Å². The van der Waals surface area contributed by atoms with Gasteiger partial charge in [-0.2, -0.15) is 0 Å². The summed E-state index contributed by atoms with van der Waals surface area (Å²) in [6.07, 6.45) is 0. The molecule has 0 aliphatic carbocycles. The maximum Gasteiger partial charge on any atom is 0.358 e. The molecule has 3 rings (SSSR count). The first-order valence-corrected chi connectivity index (χ1v) is 9.55. The zero-order valence-corrected chi connectivity index (χ0v) is 16.8. The number of anilines is 1. The van der Waals surface area contributed by atoms with Crippen LogP contribution in [0.15, 0.2) is 24.3 Å². The lowest BCUT2D eigenvalue weighted by Gasteiger charge is -2.06. The van der Waals surface area contributed by atoms with E-state index in [1.807, 2.05) is 25.1 Å². The number of carbonyl (C=O) groups excluding carboxylic acids is 2. The van der Waals surface area contributed by atoms with Crippen molar-refractivity contribution < 1.29 is 19.1 Å². The Kier molecular flexibility index (Phi) is 5.52. The summed E-state index contributed by atoms with van der Waals surface area (Å²) in [6, 6.07) is 7.28. The normalized spacial score (nSPS) is 10.5. The second kappa shape index (κ2) is 7.85. The van der Waals surface area contributed by atoms with Crippen molar-refractivity contribution in [3.63, 3.8) is 0 Å². The molecule has 3 aromatic rings. The number of methoxy groups -OCH3 is 2. The van der Waals surface area contributed by atoms with Gasteiger partial charge in [0, 0.05) is 5.56 Å². The van der Waals surface area contributed by atoms with Gasteiger partial charge < -0.3 is 9.47 Å². The van der Waals surface area contributed by atoms with E-state index in [9.17, 15) is 9.59 Å². The van der Waals surface area contributed by atoms with E-state index in [1.54, 1.807) is 20.1 Å². The van der Waals surface area contributed by atoms with Crippen molar-refractivity contribution in [3.05, 3.63) is 45.5 Å². The van der Waals surface area contributed by atoms with Crippen molar-refractivity contribution in [3.8, 4) is 16.2 Å². The highest BCUT2D eigenvalue weighted by molar-refractivity contribution is 7.19. The lowest BCUT2D eigenvalue weighted by atomic mass is 10.1. The molecule has 7 nitrogen and oxygen atoms in total. The zero-order valence-electron chi connectivity index (χ0n) is 15.2. The molecular weight excluding hydrogens is 386 g/mol. The van der Waals surface area contributed by atoms with Crippen LogP contribution in [0.5, 0.6) is 5.75 Å². The lowest BCUT2D eigenvalue weighted by molar-refractivity contribution is 0.0595. The van der Waals surface area contributed by atoms with Crippen molar-refractivity contribution in [2.24, 2.45) is 0 Å². The number of thiazole rings is 2. The van der Waals surface area contributed by atoms with Crippen molar-refractivity contribution in [2.45, 2.75) is 13.8 Å². The van der Waals surface area contributed by atoms with Gasteiger partial charge in [-0.1, -0.05) is 23.5 Å². The molecule has 0 aliphatic rings. The fraction of sp³-hybridized carbons (Fsp3) is 0.222. The van der Waals surface area contributed by atoms with Gasteiger partial charge in [-0.3, -0.25) is 10.1 Å². The third-order valence-electron chi connectivity index (χ3n) is 3.69. The standard InChI is InChI=1S/C18H17N3O4S2/c1-9-14(26-10(2)19-9)16(22)21-18-20-13(17(23)25-4)15(27-18)11-7-5-6-8-12(11)24-3/h5-8H,1-4H3,(H,20,21,22). The average Bonchev–Trinajstić information content (AvgIpc) is 3.23. The molecule has 0 saturated carbocycles. The summed E-state index contributed by atoms with van der Waals surface area (Å²) >= 11 is 2.49. The predicted octanol–water partition coefficient (Wildman–Crippen LogP) is 3.93. The monoisotopic (exact) mass is 403 g/mol. The van der Waals surface area contributed by atoms with Crippen LogP contribution in [0.25, 0.3) is 10.4 Å². The highest BCUT2D eigenvalue weighted by Crippen LogP contribution is 2.38. The van der Waals surface area contributed by atoms with E-state index in [4.69, 9.17) is 9.47 Å². The highest BCUT2D eigenvalue weighted by Gasteiger charge is 2.24. The number of amides is 1. The van der Waals surface area contributed by atoms with Gasteiger partial charge in [0.15, 0.2) is 10.8 Å². The number of carbonyl (C=O) groups is 2. The minimum atomic E-state index is -0.586. The van der Waals surface area contributed by atoms with Crippen LogP contribution in [0, 0.1) is 13.8 Å². The van der Waals surface area contributed by atoms with Crippen LogP contribution in [-0.2, 0) is 4.74 Å². The number of aromatic nitrogens is 2. The number of ether oxygens (including phenoxy) is 2. The van der Waals surface area contributed by atoms with Crippen LogP contribution < -0.4 is 10.1 Å². The topological polar surface area (TPSA) is 90.4 Å². The molecule has 0 bridgehead atoms. The van der Waals surface area contributed by atoms with Gasteiger partial charge in [-0.25, -0.2) is 14.8 Å². The fourth-order valence-corrected chi connectivity index (χ4v) is 4.31.